The Balaban J connectivity index is 2.90. The van der Waals surface area contributed by atoms with Crippen LogP contribution in [0.2, 0.25) is 0 Å². The highest BCUT2D eigenvalue weighted by atomic mass is 32.2. The Morgan fingerprint density at radius 2 is 2.14 bits per heavy atom. The van der Waals surface area contributed by atoms with Crippen LogP contribution in [0.1, 0.15) is 26.7 Å². The fourth-order valence-electron chi connectivity index (χ4n) is 1.26. The molecule has 1 amide bonds. The van der Waals surface area contributed by atoms with E-state index in [0.29, 0.717) is 12.2 Å². The van der Waals surface area contributed by atoms with Crippen LogP contribution in [0.4, 0.5) is 0 Å². The van der Waals surface area contributed by atoms with Crippen LogP contribution in [-0.2, 0) is 15.0 Å². The first-order valence-corrected chi connectivity index (χ1v) is 5.94. The van der Waals surface area contributed by atoms with Gasteiger partial charge in [0.25, 0.3) is 5.91 Å². The van der Waals surface area contributed by atoms with Gasteiger partial charge in [-0.1, -0.05) is 13.3 Å². The summed E-state index contributed by atoms with van der Waals surface area (Å²) in [5, 5.41) is 0. The van der Waals surface area contributed by atoms with Crippen molar-refractivity contribution in [3.05, 3.63) is 11.8 Å². The second-order valence-corrected chi connectivity index (χ2v) is 4.78. The summed E-state index contributed by atoms with van der Waals surface area (Å²) in [4.78, 5) is 10.9. The largest absolute Gasteiger partial charge is 0.326 e. The zero-order valence-corrected chi connectivity index (χ0v) is 9.10. The standard InChI is InChI=1S/C8H14N2O3S/c1-3-4-5-10-7(2)6-8(11)9-14(10,12)13/h6H,3-5H2,1-2H3,(H,9,11). The van der Waals surface area contributed by atoms with E-state index in [-0.39, 0.29) is 0 Å². The van der Waals surface area contributed by atoms with E-state index in [1.165, 1.54) is 10.4 Å². The minimum absolute atomic E-state index is 0.418. The predicted molar refractivity (Wildman–Crippen MR) is 52.4 cm³/mol. The van der Waals surface area contributed by atoms with Crippen LogP contribution in [0.25, 0.3) is 0 Å². The lowest BCUT2D eigenvalue weighted by Crippen LogP contribution is -2.46. The molecular weight excluding hydrogens is 204 g/mol. The molecule has 0 aromatic rings. The van der Waals surface area contributed by atoms with Gasteiger partial charge in [-0.25, -0.2) is 4.72 Å². The minimum atomic E-state index is -3.63. The van der Waals surface area contributed by atoms with Gasteiger partial charge in [0, 0.05) is 18.3 Å². The lowest BCUT2D eigenvalue weighted by atomic mass is 10.3. The van der Waals surface area contributed by atoms with Crippen LogP contribution in [0, 0.1) is 0 Å². The zero-order valence-electron chi connectivity index (χ0n) is 8.28. The van der Waals surface area contributed by atoms with Gasteiger partial charge in [-0.2, -0.15) is 8.42 Å². The quantitative estimate of drug-likeness (QED) is 0.744. The van der Waals surface area contributed by atoms with Crippen molar-refractivity contribution >= 4 is 16.1 Å². The maximum Gasteiger partial charge on any atom is 0.326 e. The lowest BCUT2D eigenvalue weighted by molar-refractivity contribution is -0.115. The molecule has 1 heterocycles. The number of carbonyl (C=O) groups excluding carboxylic acids is 1. The Hall–Kier alpha value is -1.04. The highest BCUT2D eigenvalue weighted by Gasteiger charge is 2.27. The van der Waals surface area contributed by atoms with Crippen LogP contribution in [-0.4, -0.2) is 25.2 Å². The Labute approximate surface area is 84.0 Å². The molecule has 1 N–H and O–H groups in total. The van der Waals surface area contributed by atoms with E-state index in [1.807, 2.05) is 11.6 Å². The highest BCUT2D eigenvalue weighted by molar-refractivity contribution is 7.88. The van der Waals surface area contributed by atoms with Crippen LogP contribution in [0.15, 0.2) is 11.8 Å². The normalized spacial score (nSPS) is 20.3. The molecule has 0 aromatic carbocycles. The summed E-state index contributed by atoms with van der Waals surface area (Å²) >= 11 is 0. The summed E-state index contributed by atoms with van der Waals surface area (Å²) < 4.78 is 26.1. The molecule has 1 aliphatic rings. The average molecular weight is 218 g/mol. The molecule has 1 aliphatic heterocycles. The van der Waals surface area contributed by atoms with Gasteiger partial charge in [-0.3, -0.25) is 9.10 Å². The van der Waals surface area contributed by atoms with Gasteiger partial charge in [-0.05, 0) is 13.3 Å². The first-order valence-electron chi connectivity index (χ1n) is 4.50. The van der Waals surface area contributed by atoms with Gasteiger partial charge in [0.2, 0.25) is 0 Å². The van der Waals surface area contributed by atoms with Crippen molar-refractivity contribution in [2.24, 2.45) is 0 Å². The van der Waals surface area contributed by atoms with E-state index in [9.17, 15) is 13.2 Å². The zero-order chi connectivity index (χ0) is 10.8. The average Bonchev–Trinajstić information content (AvgIpc) is 2.00. The van der Waals surface area contributed by atoms with Crippen molar-refractivity contribution in [2.75, 3.05) is 6.54 Å². The first-order chi connectivity index (χ1) is 6.47. The number of nitrogens with one attached hydrogen (secondary N) is 1. The predicted octanol–water partition coefficient (Wildman–Crippen LogP) is 0.367. The van der Waals surface area contributed by atoms with Crippen molar-refractivity contribution in [3.63, 3.8) is 0 Å². The molecule has 0 aliphatic carbocycles. The molecule has 0 atom stereocenters. The second kappa shape index (κ2) is 4.00. The molecule has 0 saturated heterocycles. The monoisotopic (exact) mass is 218 g/mol. The van der Waals surface area contributed by atoms with Gasteiger partial charge >= 0.3 is 10.2 Å². The molecule has 80 valence electrons. The van der Waals surface area contributed by atoms with E-state index in [2.05, 4.69) is 0 Å². The van der Waals surface area contributed by atoms with Crippen molar-refractivity contribution in [2.45, 2.75) is 26.7 Å². The lowest BCUT2D eigenvalue weighted by Gasteiger charge is -2.27. The molecule has 0 bridgehead atoms. The second-order valence-electron chi connectivity index (χ2n) is 3.18. The van der Waals surface area contributed by atoms with Crippen LogP contribution < -0.4 is 4.72 Å². The summed E-state index contributed by atoms with van der Waals surface area (Å²) in [5.41, 5.74) is 0.474. The molecule has 1 rings (SSSR count). The minimum Gasteiger partial charge on any atom is -0.269 e. The third-order valence-electron chi connectivity index (χ3n) is 1.97. The summed E-state index contributed by atoms with van der Waals surface area (Å²) in [7, 11) is -3.63. The molecule has 0 radical (unpaired) electrons. The number of amides is 1. The van der Waals surface area contributed by atoms with Crippen LogP contribution in [0.3, 0.4) is 0 Å². The van der Waals surface area contributed by atoms with E-state index in [4.69, 9.17) is 0 Å². The van der Waals surface area contributed by atoms with E-state index in [0.717, 1.165) is 12.8 Å². The molecule has 6 heteroatoms. The fourth-order valence-corrected chi connectivity index (χ4v) is 2.49. The van der Waals surface area contributed by atoms with E-state index >= 15 is 0 Å². The van der Waals surface area contributed by atoms with Crippen LogP contribution >= 0.6 is 0 Å². The molecule has 0 saturated carbocycles. The third-order valence-corrected chi connectivity index (χ3v) is 3.48. The Morgan fingerprint density at radius 3 is 2.64 bits per heavy atom. The third kappa shape index (κ3) is 2.25. The molecule has 0 aromatic heterocycles. The summed E-state index contributed by atoms with van der Waals surface area (Å²) in [5.74, 6) is -0.574. The Morgan fingerprint density at radius 1 is 1.50 bits per heavy atom. The SMILES string of the molecule is CCCCN1C(C)=CC(=O)NS1(=O)=O. The van der Waals surface area contributed by atoms with Gasteiger partial charge in [0.05, 0.1) is 0 Å². The van der Waals surface area contributed by atoms with Gasteiger partial charge in [-0.15, -0.1) is 0 Å². The summed E-state index contributed by atoms with van der Waals surface area (Å²) in [6.45, 7) is 4.02. The molecule has 0 unspecified atom stereocenters. The number of nitrogens with zero attached hydrogens (tertiary/aromatic N) is 1. The topological polar surface area (TPSA) is 66.5 Å². The van der Waals surface area contributed by atoms with Gasteiger partial charge in [0.1, 0.15) is 0 Å². The van der Waals surface area contributed by atoms with E-state index < -0.39 is 16.1 Å². The first kappa shape index (κ1) is 11.0. The smallest absolute Gasteiger partial charge is 0.269 e. The maximum absolute atomic E-state index is 11.5. The maximum atomic E-state index is 11.5. The fraction of sp³-hybridized carbons (Fsp3) is 0.625. The summed E-state index contributed by atoms with van der Waals surface area (Å²) in [6, 6.07) is 0. The van der Waals surface area contributed by atoms with Crippen molar-refractivity contribution in [1.82, 2.24) is 9.03 Å². The van der Waals surface area contributed by atoms with E-state index in [1.54, 1.807) is 6.92 Å². The molecule has 5 nitrogen and oxygen atoms in total. The van der Waals surface area contributed by atoms with Crippen LogP contribution in [0.5, 0.6) is 0 Å². The van der Waals surface area contributed by atoms with Crippen molar-refractivity contribution in [3.8, 4) is 0 Å². The molecule has 0 spiro atoms. The summed E-state index contributed by atoms with van der Waals surface area (Å²) in [6.07, 6.45) is 2.98. The van der Waals surface area contributed by atoms with Crippen molar-refractivity contribution in [1.29, 1.82) is 0 Å². The van der Waals surface area contributed by atoms with Crippen molar-refractivity contribution < 1.29 is 13.2 Å². The van der Waals surface area contributed by atoms with Gasteiger partial charge in [0.15, 0.2) is 0 Å². The number of allylic oxidation sites excluding steroid dienone is 1. The molecule has 0 fully saturated rings. The molecular formula is C8H14N2O3S. The van der Waals surface area contributed by atoms with Gasteiger partial charge < -0.3 is 0 Å². The highest BCUT2D eigenvalue weighted by Crippen LogP contribution is 2.14. The Kier molecular flexibility index (Phi) is 3.15. The number of hydrogen-bond donors (Lipinski definition) is 1. The number of carbonyl (C=O) groups is 1. The number of unbranched alkanes of at least 4 members (excludes halogenated alkanes) is 1. The number of rotatable bonds is 3. The number of hydrogen-bond acceptors (Lipinski definition) is 3. The molecule has 14 heavy (non-hydrogen) atoms. The Bertz CT molecular complexity index is 359.